The number of carbonyl (C=O) groups excluding carboxylic acids is 2. The quantitative estimate of drug-likeness (QED) is 0.0233. The molecule has 0 fully saturated rings. The number of allylic oxidation sites excluding steroid dienone is 2. The second kappa shape index (κ2) is 38.1. The summed E-state index contributed by atoms with van der Waals surface area (Å²) in [5.41, 5.74) is 5.33. The fraction of sp³-hybridized carbons (Fsp3) is 0.881. The Labute approximate surface area is 328 Å². The third kappa shape index (κ3) is 37.2. The van der Waals surface area contributed by atoms with Crippen LogP contribution < -0.4 is 5.73 Å². The molecule has 0 bridgehead atoms. The van der Waals surface area contributed by atoms with Crippen molar-refractivity contribution in [2.75, 3.05) is 19.8 Å². The van der Waals surface area contributed by atoms with Gasteiger partial charge in [-0.2, -0.15) is 0 Å². The number of carboxylic acids is 1. The largest absolute Gasteiger partial charge is 0.480 e. The van der Waals surface area contributed by atoms with Crippen LogP contribution >= 0.6 is 7.82 Å². The highest BCUT2D eigenvalue weighted by atomic mass is 31.2. The molecular weight excluding hydrogens is 709 g/mol. The summed E-state index contributed by atoms with van der Waals surface area (Å²) in [5, 5.41) is 8.88. The second-order valence-electron chi connectivity index (χ2n) is 14.8. The first-order chi connectivity index (χ1) is 26.1. The molecule has 0 rings (SSSR count). The third-order valence-corrected chi connectivity index (χ3v) is 10.5. The number of hydrogen-bond donors (Lipinski definition) is 3. The van der Waals surface area contributed by atoms with Crippen LogP contribution in [0.3, 0.4) is 0 Å². The first kappa shape index (κ1) is 52.2. The minimum Gasteiger partial charge on any atom is -0.480 e. The van der Waals surface area contributed by atoms with Crippen LogP contribution in [-0.4, -0.2) is 59.9 Å². The van der Waals surface area contributed by atoms with E-state index in [1.165, 1.54) is 122 Å². The maximum atomic E-state index is 12.6. The zero-order valence-corrected chi connectivity index (χ0v) is 35.2. The Bertz CT molecular complexity index is 979. The summed E-state index contributed by atoms with van der Waals surface area (Å²) in [6.45, 7) is 2.81. The molecule has 0 aliphatic heterocycles. The molecule has 0 aromatic rings. The number of carboxylic acid groups (broad SMARTS) is 1. The number of ether oxygens (including phenoxy) is 2. The van der Waals surface area contributed by atoms with Gasteiger partial charge in [0.1, 0.15) is 12.6 Å². The lowest BCUT2D eigenvalue weighted by Gasteiger charge is -2.20. The fourth-order valence-corrected chi connectivity index (χ4v) is 6.84. The van der Waals surface area contributed by atoms with Gasteiger partial charge in [-0.1, -0.05) is 167 Å². The Kier molecular flexibility index (Phi) is 36.9. The van der Waals surface area contributed by atoms with Gasteiger partial charge in [0.05, 0.1) is 13.2 Å². The monoisotopic (exact) mass is 790 g/mol. The third-order valence-electron chi connectivity index (χ3n) is 9.51. The van der Waals surface area contributed by atoms with Crippen molar-refractivity contribution in [3.05, 3.63) is 12.2 Å². The normalized spacial score (nSPS) is 13.9. The molecule has 0 aromatic carbocycles. The van der Waals surface area contributed by atoms with Crippen LogP contribution in [0.5, 0.6) is 0 Å². The van der Waals surface area contributed by atoms with E-state index in [0.717, 1.165) is 44.9 Å². The summed E-state index contributed by atoms with van der Waals surface area (Å²) in [6.07, 6.45) is 37.0. The van der Waals surface area contributed by atoms with Gasteiger partial charge in [0.25, 0.3) is 0 Å². The standard InChI is InChI=1S/C42H80NO10P/c1-3-5-7-9-11-13-15-17-18-19-20-22-23-25-27-29-31-33-40(44)50-35-38(36-51-54(48,49)52-37-39(43)42(46)47)53-41(45)34-32-30-28-26-24-21-16-14-12-10-8-6-4-2/h17-18,38-39H,3-16,19-37,43H2,1-2H3,(H,46,47)(H,48,49)/b18-17-/t38-,39+/m1/s1. The van der Waals surface area contributed by atoms with Crippen molar-refractivity contribution in [1.82, 2.24) is 0 Å². The van der Waals surface area contributed by atoms with Crippen molar-refractivity contribution < 1.29 is 47.5 Å². The number of esters is 2. The lowest BCUT2D eigenvalue weighted by molar-refractivity contribution is -0.161. The minimum atomic E-state index is -4.71. The number of carbonyl (C=O) groups is 3. The number of hydrogen-bond acceptors (Lipinski definition) is 9. The van der Waals surface area contributed by atoms with Gasteiger partial charge in [0.15, 0.2) is 6.10 Å². The maximum Gasteiger partial charge on any atom is 0.472 e. The van der Waals surface area contributed by atoms with Crippen LogP contribution in [0.2, 0.25) is 0 Å². The molecule has 11 nitrogen and oxygen atoms in total. The molecule has 3 atom stereocenters. The number of phosphoric acid groups is 1. The fourth-order valence-electron chi connectivity index (χ4n) is 6.06. The number of phosphoric ester groups is 1. The van der Waals surface area contributed by atoms with E-state index in [1.807, 2.05) is 0 Å². The predicted molar refractivity (Wildman–Crippen MR) is 217 cm³/mol. The summed E-state index contributed by atoms with van der Waals surface area (Å²) < 4.78 is 32.7. The lowest BCUT2D eigenvalue weighted by atomic mass is 10.0. The minimum absolute atomic E-state index is 0.166. The summed E-state index contributed by atoms with van der Waals surface area (Å²) in [5.74, 6) is -2.37. The Morgan fingerprint density at radius 1 is 0.556 bits per heavy atom. The summed E-state index contributed by atoms with van der Waals surface area (Å²) in [7, 11) is -4.71. The maximum absolute atomic E-state index is 12.6. The SMILES string of the molecule is CCCCCCCC/C=C\CCCCCCCCCC(=O)OC[C@H](COP(=O)(O)OC[C@H](N)C(=O)O)OC(=O)CCCCCCCCCCCCCCC. The van der Waals surface area contributed by atoms with Crippen molar-refractivity contribution in [2.45, 2.75) is 219 Å². The predicted octanol–water partition coefficient (Wildman–Crippen LogP) is 11.3. The molecular formula is C42H80NO10P. The Hall–Kier alpha value is -1.78. The number of rotatable bonds is 41. The van der Waals surface area contributed by atoms with E-state index in [4.69, 9.17) is 24.8 Å². The highest BCUT2D eigenvalue weighted by molar-refractivity contribution is 7.47. The van der Waals surface area contributed by atoms with Gasteiger partial charge in [-0.05, 0) is 38.5 Å². The van der Waals surface area contributed by atoms with Gasteiger partial charge in [-0.15, -0.1) is 0 Å². The summed E-state index contributed by atoms with van der Waals surface area (Å²) in [4.78, 5) is 45.9. The van der Waals surface area contributed by atoms with Crippen LogP contribution in [-0.2, 0) is 37.5 Å². The molecule has 0 aliphatic rings. The van der Waals surface area contributed by atoms with Crippen molar-refractivity contribution in [3.63, 3.8) is 0 Å². The lowest BCUT2D eigenvalue weighted by Crippen LogP contribution is -2.34. The molecule has 0 radical (unpaired) electrons. The van der Waals surface area contributed by atoms with Crippen LogP contribution in [0.25, 0.3) is 0 Å². The van der Waals surface area contributed by atoms with Gasteiger partial charge in [0, 0.05) is 12.8 Å². The number of nitrogens with two attached hydrogens (primary N) is 1. The van der Waals surface area contributed by atoms with E-state index in [0.29, 0.717) is 12.8 Å². The molecule has 0 spiro atoms. The number of aliphatic carboxylic acids is 1. The van der Waals surface area contributed by atoms with E-state index < -0.39 is 51.1 Å². The first-order valence-corrected chi connectivity index (χ1v) is 23.2. The highest BCUT2D eigenvalue weighted by Gasteiger charge is 2.28. The molecule has 1 unspecified atom stereocenters. The van der Waals surface area contributed by atoms with E-state index in [-0.39, 0.29) is 19.4 Å². The zero-order valence-electron chi connectivity index (χ0n) is 34.3. The van der Waals surface area contributed by atoms with Crippen molar-refractivity contribution in [2.24, 2.45) is 5.73 Å². The Balaban J connectivity index is 4.33. The smallest absolute Gasteiger partial charge is 0.472 e. The van der Waals surface area contributed by atoms with Crippen LogP contribution in [0.15, 0.2) is 12.2 Å². The average Bonchev–Trinajstić information content (AvgIpc) is 3.14. The molecule has 0 saturated carbocycles. The molecule has 0 aliphatic carbocycles. The van der Waals surface area contributed by atoms with Crippen molar-refractivity contribution in [3.8, 4) is 0 Å². The average molecular weight is 790 g/mol. The Morgan fingerprint density at radius 3 is 1.35 bits per heavy atom. The van der Waals surface area contributed by atoms with Gasteiger partial charge in [-0.25, -0.2) is 4.57 Å². The molecule has 4 N–H and O–H groups in total. The Morgan fingerprint density at radius 2 is 0.926 bits per heavy atom. The molecule has 0 saturated heterocycles. The van der Waals surface area contributed by atoms with E-state index in [9.17, 15) is 23.8 Å². The van der Waals surface area contributed by atoms with Crippen molar-refractivity contribution in [1.29, 1.82) is 0 Å². The van der Waals surface area contributed by atoms with Crippen LogP contribution in [0.1, 0.15) is 206 Å². The van der Waals surface area contributed by atoms with Gasteiger partial charge in [-0.3, -0.25) is 23.4 Å². The zero-order chi connectivity index (χ0) is 40.0. The first-order valence-electron chi connectivity index (χ1n) is 21.7. The number of unbranched alkanes of at least 4 members (excludes halogenated alkanes) is 25. The second-order valence-corrected chi connectivity index (χ2v) is 16.3. The highest BCUT2D eigenvalue weighted by Crippen LogP contribution is 2.43. The van der Waals surface area contributed by atoms with E-state index in [2.05, 4.69) is 30.5 Å². The molecule has 12 heteroatoms. The molecule has 0 aromatic heterocycles. The van der Waals surface area contributed by atoms with Gasteiger partial charge >= 0.3 is 25.7 Å². The molecule has 0 amide bonds. The van der Waals surface area contributed by atoms with Crippen molar-refractivity contribution >= 4 is 25.7 Å². The molecule has 318 valence electrons. The summed E-state index contributed by atoms with van der Waals surface area (Å²) >= 11 is 0. The van der Waals surface area contributed by atoms with E-state index in [1.54, 1.807) is 0 Å². The molecule has 0 heterocycles. The topological polar surface area (TPSA) is 172 Å². The van der Waals surface area contributed by atoms with Crippen LogP contribution in [0.4, 0.5) is 0 Å². The van der Waals surface area contributed by atoms with Gasteiger partial charge < -0.3 is 25.2 Å². The van der Waals surface area contributed by atoms with Gasteiger partial charge in [0.2, 0.25) is 0 Å². The van der Waals surface area contributed by atoms with Crippen LogP contribution in [0, 0.1) is 0 Å². The molecule has 54 heavy (non-hydrogen) atoms. The summed E-state index contributed by atoms with van der Waals surface area (Å²) in [6, 6.07) is -1.52. The van der Waals surface area contributed by atoms with E-state index >= 15 is 0 Å².